The average molecular weight is 505 g/mol. The van der Waals surface area contributed by atoms with Crippen LogP contribution < -0.4 is 0 Å². The molecule has 0 bridgehead atoms. The molecule has 0 saturated carbocycles. The van der Waals surface area contributed by atoms with Crippen LogP contribution in [0.15, 0.2) is 0 Å². The lowest BCUT2D eigenvalue weighted by Gasteiger charge is -2.40. The van der Waals surface area contributed by atoms with Gasteiger partial charge in [-0.25, -0.2) is 0 Å². The maximum Gasteiger partial charge on any atom is 0.308 e. The van der Waals surface area contributed by atoms with Crippen LogP contribution in [-0.4, -0.2) is 75.3 Å². The third-order valence-corrected chi connectivity index (χ3v) is 6.49. The van der Waals surface area contributed by atoms with Gasteiger partial charge in [0.1, 0.15) is 24.4 Å². The van der Waals surface area contributed by atoms with Gasteiger partial charge in [0, 0.05) is 0 Å². The van der Waals surface area contributed by atoms with Crippen molar-refractivity contribution in [3.63, 3.8) is 0 Å². The van der Waals surface area contributed by atoms with Crippen LogP contribution in [-0.2, 0) is 23.8 Å². The molecule has 0 aliphatic carbocycles. The Labute approximate surface area is 210 Å². The maximum absolute atomic E-state index is 12.7. The number of hydrogen-bond donors (Lipinski definition) is 4. The van der Waals surface area contributed by atoms with Crippen molar-refractivity contribution < 1.29 is 44.2 Å². The molecule has 0 aromatic rings. The van der Waals surface area contributed by atoms with Gasteiger partial charge >= 0.3 is 11.9 Å². The van der Waals surface area contributed by atoms with Gasteiger partial charge in [-0.3, -0.25) is 9.59 Å². The molecule has 0 radical (unpaired) electrons. The number of hydrogen-bond acceptors (Lipinski definition) is 8. The van der Waals surface area contributed by atoms with Crippen LogP contribution in [0.3, 0.4) is 0 Å². The number of carboxylic acid groups (broad SMARTS) is 1. The van der Waals surface area contributed by atoms with E-state index >= 15 is 0 Å². The first-order valence-electron chi connectivity index (χ1n) is 13.5. The monoisotopic (exact) mass is 504 g/mol. The molecule has 1 aliphatic rings. The first kappa shape index (κ1) is 31.8. The van der Waals surface area contributed by atoms with E-state index < -0.39 is 54.9 Å². The molecule has 0 spiro atoms. The van der Waals surface area contributed by atoms with Crippen molar-refractivity contribution in [2.75, 3.05) is 0 Å². The fraction of sp³-hybridized carbons (Fsp3) is 0.923. The number of rotatable bonds is 19. The second kappa shape index (κ2) is 18.1. The van der Waals surface area contributed by atoms with Crippen LogP contribution in [0.5, 0.6) is 0 Å². The highest BCUT2D eigenvalue weighted by atomic mass is 16.7. The number of aliphatic carboxylic acids is 1. The highest BCUT2D eigenvalue weighted by molar-refractivity contribution is 5.72. The summed E-state index contributed by atoms with van der Waals surface area (Å²) in [6, 6.07) is 0. The van der Waals surface area contributed by atoms with E-state index in [2.05, 4.69) is 13.8 Å². The Kier molecular flexibility index (Phi) is 16.4. The summed E-state index contributed by atoms with van der Waals surface area (Å²) in [6.07, 6.45) is 3.42. The first-order valence-corrected chi connectivity index (χ1v) is 13.5. The molecule has 9 nitrogen and oxygen atoms in total. The number of esters is 1. The molecular formula is C26H48O9. The number of carbonyl (C=O) groups is 2. The fourth-order valence-corrected chi connectivity index (χ4v) is 4.30. The zero-order chi connectivity index (χ0) is 26.2. The van der Waals surface area contributed by atoms with E-state index in [-0.39, 0.29) is 12.8 Å². The number of aliphatic hydroxyl groups excluding tert-OH is 3. The van der Waals surface area contributed by atoms with E-state index in [4.69, 9.17) is 14.2 Å². The molecule has 1 aliphatic heterocycles. The second-order valence-electron chi connectivity index (χ2n) is 9.76. The highest BCUT2D eigenvalue weighted by Gasteiger charge is 2.43. The average Bonchev–Trinajstić information content (AvgIpc) is 2.80. The van der Waals surface area contributed by atoms with E-state index in [1.165, 1.54) is 0 Å². The van der Waals surface area contributed by atoms with Gasteiger partial charge in [0.05, 0.1) is 25.0 Å². The van der Waals surface area contributed by atoms with Gasteiger partial charge in [0.2, 0.25) is 0 Å². The number of aliphatic hydroxyl groups is 3. The van der Waals surface area contributed by atoms with Crippen molar-refractivity contribution in [3.05, 3.63) is 0 Å². The van der Waals surface area contributed by atoms with Gasteiger partial charge in [-0.15, -0.1) is 0 Å². The molecule has 0 amide bonds. The smallest absolute Gasteiger partial charge is 0.308 e. The standard InChI is InChI=1S/C26H48O9/c1-4-6-8-10-12-14-19(16-21(27)28)34-22(29)17-20(15-13-11-9-7-5-2)35-26-25(32)24(31)23(30)18(3)33-26/h18-20,23-26,30-32H,4-17H2,1-3H3,(H,27,28)/t18?,19?,20?,23-,24?,25-,26?/m0/s1. The minimum atomic E-state index is -1.46. The Morgan fingerprint density at radius 2 is 1.31 bits per heavy atom. The molecule has 35 heavy (non-hydrogen) atoms. The zero-order valence-corrected chi connectivity index (χ0v) is 21.8. The predicted molar refractivity (Wildman–Crippen MR) is 131 cm³/mol. The molecule has 1 rings (SSSR count). The largest absolute Gasteiger partial charge is 0.481 e. The minimum absolute atomic E-state index is 0.112. The van der Waals surface area contributed by atoms with Gasteiger partial charge in [-0.05, 0) is 26.2 Å². The molecule has 1 fully saturated rings. The summed E-state index contributed by atoms with van der Waals surface area (Å²) in [5.74, 6) is -1.57. The summed E-state index contributed by atoms with van der Waals surface area (Å²) in [5, 5.41) is 39.5. The summed E-state index contributed by atoms with van der Waals surface area (Å²) >= 11 is 0. The Hall–Kier alpha value is -1.26. The molecule has 4 N–H and O–H groups in total. The van der Waals surface area contributed by atoms with Crippen molar-refractivity contribution >= 4 is 11.9 Å². The van der Waals surface area contributed by atoms with Crippen molar-refractivity contribution in [2.24, 2.45) is 0 Å². The Morgan fingerprint density at radius 1 is 0.771 bits per heavy atom. The molecule has 206 valence electrons. The van der Waals surface area contributed by atoms with Crippen LogP contribution in [0.1, 0.15) is 111 Å². The Balaban J connectivity index is 2.72. The van der Waals surface area contributed by atoms with E-state index in [1.54, 1.807) is 6.92 Å². The molecule has 0 aromatic carbocycles. The third-order valence-electron chi connectivity index (χ3n) is 6.49. The van der Waals surface area contributed by atoms with Crippen LogP contribution in [0.25, 0.3) is 0 Å². The van der Waals surface area contributed by atoms with Gasteiger partial charge in [-0.2, -0.15) is 0 Å². The van der Waals surface area contributed by atoms with E-state index in [9.17, 15) is 30.0 Å². The van der Waals surface area contributed by atoms with Gasteiger partial charge in [0.25, 0.3) is 0 Å². The first-order chi connectivity index (χ1) is 16.7. The molecule has 0 aromatic heterocycles. The predicted octanol–water partition coefficient (Wildman–Crippen LogP) is 3.70. The van der Waals surface area contributed by atoms with E-state index in [1.807, 2.05) is 0 Å². The third kappa shape index (κ3) is 13.0. The van der Waals surface area contributed by atoms with Gasteiger partial charge in [-0.1, -0.05) is 71.6 Å². The molecular weight excluding hydrogens is 456 g/mol. The summed E-state index contributed by atoms with van der Waals surface area (Å²) in [6.45, 7) is 5.82. The van der Waals surface area contributed by atoms with Gasteiger partial charge < -0.3 is 34.6 Å². The minimum Gasteiger partial charge on any atom is -0.481 e. The topological polar surface area (TPSA) is 143 Å². The highest BCUT2D eigenvalue weighted by Crippen LogP contribution is 2.25. The summed E-state index contributed by atoms with van der Waals surface area (Å²) in [4.78, 5) is 24.0. The van der Waals surface area contributed by atoms with Crippen LogP contribution in [0, 0.1) is 0 Å². The van der Waals surface area contributed by atoms with Crippen molar-refractivity contribution in [2.45, 2.75) is 154 Å². The molecule has 5 unspecified atom stereocenters. The van der Waals surface area contributed by atoms with Crippen LogP contribution in [0.2, 0.25) is 0 Å². The normalized spacial score (nSPS) is 26.3. The van der Waals surface area contributed by atoms with Crippen LogP contribution >= 0.6 is 0 Å². The van der Waals surface area contributed by atoms with Crippen LogP contribution in [0.4, 0.5) is 0 Å². The fourth-order valence-electron chi connectivity index (χ4n) is 4.30. The van der Waals surface area contributed by atoms with Crippen molar-refractivity contribution in [1.82, 2.24) is 0 Å². The second-order valence-corrected chi connectivity index (χ2v) is 9.76. The van der Waals surface area contributed by atoms with Gasteiger partial charge in [0.15, 0.2) is 6.29 Å². The molecule has 1 saturated heterocycles. The lowest BCUT2D eigenvalue weighted by molar-refractivity contribution is -0.304. The maximum atomic E-state index is 12.7. The van der Waals surface area contributed by atoms with Crippen molar-refractivity contribution in [1.29, 1.82) is 0 Å². The Morgan fingerprint density at radius 3 is 1.86 bits per heavy atom. The summed E-state index contributed by atoms with van der Waals surface area (Å²) in [5.41, 5.74) is 0. The summed E-state index contributed by atoms with van der Waals surface area (Å²) in [7, 11) is 0. The molecule has 9 heteroatoms. The molecule has 1 heterocycles. The molecule has 7 atom stereocenters. The number of ether oxygens (including phenoxy) is 3. The number of carbonyl (C=O) groups excluding carboxylic acids is 1. The van der Waals surface area contributed by atoms with Crippen molar-refractivity contribution in [3.8, 4) is 0 Å². The lowest BCUT2D eigenvalue weighted by atomic mass is 9.99. The SMILES string of the molecule is CCCCCCCC(CC(=O)O)OC(=O)CC(CCCCCCC)OC1OC(C)[C@H](O)C(O)[C@@H]1O. The van der Waals surface area contributed by atoms with E-state index in [0.717, 1.165) is 64.2 Å². The summed E-state index contributed by atoms with van der Waals surface area (Å²) < 4.78 is 17.0. The van der Waals surface area contributed by atoms with E-state index in [0.29, 0.717) is 12.8 Å². The zero-order valence-electron chi connectivity index (χ0n) is 21.8. The lowest BCUT2D eigenvalue weighted by Crippen LogP contribution is -2.58. The quantitative estimate of drug-likeness (QED) is 0.153. The number of unbranched alkanes of at least 4 members (excludes halogenated alkanes) is 8. The number of carboxylic acids is 1. The Bertz CT molecular complexity index is 585.